The third-order valence-electron chi connectivity index (χ3n) is 4.71. The molecule has 0 saturated carbocycles. The molecule has 0 spiro atoms. The quantitative estimate of drug-likeness (QED) is 0.853. The molecule has 25 heavy (non-hydrogen) atoms. The van der Waals surface area contributed by atoms with Crippen molar-refractivity contribution in [2.45, 2.75) is 50.1 Å². The van der Waals surface area contributed by atoms with Gasteiger partial charge in [-0.25, -0.2) is 8.42 Å². The number of benzene rings is 1. The van der Waals surface area contributed by atoms with Crippen LogP contribution in [0.25, 0.3) is 0 Å². The normalized spacial score (nSPS) is 19.2. The molecule has 1 unspecified atom stereocenters. The molecule has 7 heteroatoms. The molecule has 6 nitrogen and oxygen atoms in total. The minimum absolute atomic E-state index is 0.00291. The summed E-state index contributed by atoms with van der Waals surface area (Å²) >= 11 is 0. The summed E-state index contributed by atoms with van der Waals surface area (Å²) in [6, 6.07) is 9.72. The van der Waals surface area contributed by atoms with Gasteiger partial charge in [0.2, 0.25) is 10.0 Å². The Kier molecular flexibility index (Phi) is 5.56. The molecular formula is C18H25N3O3S. The van der Waals surface area contributed by atoms with Crippen LogP contribution in [-0.4, -0.2) is 46.8 Å². The van der Waals surface area contributed by atoms with E-state index in [4.69, 9.17) is 0 Å². The van der Waals surface area contributed by atoms with Gasteiger partial charge in [-0.1, -0.05) is 36.8 Å². The first-order valence-corrected chi connectivity index (χ1v) is 10.2. The van der Waals surface area contributed by atoms with Gasteiger partial charge < -0.3 is 5.11 Å². The number of nitrogens with zero attached hydrogens (tertiary/aromatic N) is 3. The fourth-order valence-electron chi connectivity index (χ4n) is 3.46. The Labute approximate surface area is 149 Å². The van der Waals surface area contributed by atoms with Gasteiger partial charge in [0.05, 0.1) is 12.2 Å². The Morgan fingerprint density at radius 1 is 1.24 bits per heavy atom. The number of hydrogen-bond donors (Lipinski definition) is 1. The lowest BCUT2D eigenvalue weighted by Crippen LogP contribution is -2.44. The van der Waals surface area contributed by atoms with E-state index in [1.807, 2.05) is 30.3 Å². The lowest BCUT2D eigenvalue weighted by molar-refractivity contribution is 0.192. The van der Waals surface area contributed by atoms with Gasteiger partial charge in [-0.05, 0) is 31.7 Å². The highest BCUT2D eigenvalue weighted by molar-refractivity contribution is 7.89. The Morgan fingerprint density at radius 2 is 2.00 bits per heavy atom. The number of aliphatic hydroxyl groups is 1. The van der Waals surface area contributed by atoms with Crippen molar-refractivity contribution < 1.29 is 13.5 Å². The van der Waals surface area contributed by atoms with Gasteiger partial charge in [-0.3, -0.25) is 4.68 Å². The van der Waals surface area contributed by atoms with E-state index < -0.39 is 10.0 Å². The van der Waals surface area contributed by atoms with E-state index in [2.05, 4.69) is 5.10 Å². The van der Waals surface area contributed by atoms with Crippen molar-refractivity contribution in [1.82, 2.24) is 14.1 Å². The van der Waals surface area contributed by atoms with Crippen molar-refractivity contribution in [2.75, 3.05) is 13.2 Å². The van der Waals surface area contributed by atoms with Crippen molar-refractivity contribution >= 4 is 10.0 Å². The molecule has 0 aliphatic carbocycles. The maximum absolute atomic E-state index is 13.2. The van der Waals surface area contributed by atoms with Gasteiger partial charge in [-0.15, -0.1) is 0 Å². The van der Waals surface area contributed by atoms with E-state index in [0.29, 0.717) is 25.2 Å². The van der Waals surface area contributed by atoms with E-state index in [1.165, 1.54) is 0 Å². The lowest BCUT2D eigenvalue weighted by atomic mass is 10.0. The molecule has 3 rings (SSSR count). The van der Waals surface area contributed by atoms with Crippen LogP contribution < -0.4 is 0 Å². The number of piperidine rings is 1. The zero-order valence-corrected chi connectivity index (χ0v) is 15.3. The summed E-state index contributed by atoms with van der Waals surface area (Å²) in [5, 5.41) is 13.7. The second kappa shape index (κ2) is 7.68. The first kappa shape index (κ1) is 18.1. The third kappa shape index (κ3) is 3.94. The van der Waals surface area contributed by atoms with Gasteiger partial charge in [0.25, 0.3) is 0 Å². The molecule has 2 heterocycles. The highest BCUT2D eigenvalue weighted by Gasteiger charge is 2.35. The summed E-state index contributed by atoms with van der Waals surface area (Å²) < 4.78 is 29.5. The van der Waals surface area contributed by atoms with Gasteiger partial charge in [0.15, 0.2) is 0 Å². The van der Waals surface area contributed by atoms with E-state index in [1.54, 1.807) is 22.1 Å². The molecule has 2 aromatic rings. The van der Waals surface area contributed by atoms with Crippen LogP contribution >= 0.6 is 0 Å². The zero-order chi connectivity index (χ0) is 17.9. The van der Waals surface area contributed by atoms with Gasteiger partial charge in [0.1, 0.15) is 4.90 Å². The smallest absolute Gasteiger partial charge is 0.246 e. The first-order valence-electron chi connectivity index (χ1n) is 8.73. The Hall–Kier alpha value is -1.70. The molecule has 136 valence electrons. The molecule has 1 fully saturated rings. The van der Waals surface area contributed by atoms with Crippen LogP contribution in [0.2, 0.25) is 0 Å². The topological polar surface area (TPSA) is 75.4 Å². The zero-order valence-electron chi connectivity index (χ0n) is 14.5. The van der Waals surface area contributed by atoms with Crippen molar-refractivity contribution in [3.8, 4) is 0 Å². The fourth-order valence-corrected chi connectivity index (χ4v) is 5.35. The number of hydrogen-bond acceptors (Lipinski definition) is 4. The summed E-state index contributed by atoms with van der Waals surface area (Å²) in [5.41, 5.74) is 1.59. The fraction of sp³-hybridized carbons (Fsp3) is 0.500. The van der Waals surface area contributed by atoms with Crippen molar-refractivity contribution in [1.29, 1.82) is 0 Å². The second-order valence-electron chi connectivity index (χ2n) is 6.54. The van der Waals surface area contributed by atoms with E-state index in [-0.39, 0.29) is 17.5 Å². The lowest BCUT2D eigenvalue weighted by Gasteiger charge is -2.34. The minimum Gasteiger partial charge on any atom is -0.396 e. The maximum atomic E-state index is 13.2. The number of aliphatic hydroxyl groups excluding tert-OH is 1. The van der Waals surface area contributed by atoms with Crippen LogP contribution in [0.3, 0.4) is 0 Å². The van der Waals surface area contributed by atoms with Crippen LogP contribution in [-0.2, 0) is 16.6 Å². The molecule has 1 atom stereocenters. The molecular weight excluding hydrogens is 338 g/mol. The molecule has 1 aliphatic rings. The number of aromatic nitrogens is 2. The van der Waals surface area contributed by atoms with Crippen molar-refractivity contribution in [3.63, 3.8) is 0 Å². The molecule has 0 amide bonds. The predicted molar refractivity (Wildman–Crippen MR) is 95.7 cm³/mol. The molecule has 1 aliphatic heterocycles. The maximum Gasteiger partial charge on any atom is 0.246 e. The van der Waals surface area contributed by atoms with Crippen molar-refractivity contribution in [3.05, 3.63) is 47.8 Å². The van der Waals surface area contributed by atoms with Crippen LogP contribution in [0.15, 0.2) is 41.4 Å². The van der Waals surface area contributed by atoms with E-state index in [9.17, 15) is 13.5 Å². The average molecular weight is 363 g/mol. The van der Waals surface area contributed by atoms with Crippen LogP contribution in [0, 0.1) is 6.92 Å². The second-order valence-corrected chi connectivity index (χ2v) is 8.40. The molecule has 1 aromatic carbocycles. The van der Waals surface area contributed by atoms with Gasteiger partial charge >= 0.3 is 0 Å². The van der Waals surface area contributed by atoms with Crippen molar-refractivity contribution in [2.24, 2.45) is 0 Å². The highest BCUT2D eigenvalue weighted by atomic mass is 32.2. The Balaban J connectivity index is 1.87. The largest absolute Gasteiger partial charge is 0.396 e. The Bertz CT molecular complexity index is 800. The van der Waals surface area contributed by atoms with E-state index >= 15 is 0 Å². The van der Waals surface area contributed by atoms with Gasteiger partial charge in [0, 0.05) is 25.4 Å². The predicted octanol–water partition coefficient (Wildman–Crippen LogP) is 2.17. The molecule has 0 radical (unpaired) electrons. The average Bonchev–Trinajstić information content (AvgIpc) is 2.97. The Morgan fingerprint density at radius 3 is 2.72 bits per heavy atom. The van der Waals surface area contributed by atoms with E-state index in [0.717, 1.165) is 24.8 Å². The number of aryl methyl sites for hydroxylation is 1. The summed E-state index contributed by atoms with van der Waals surface area (Å²) in [4.78, 5) is 0.272. The molecule has 1 aromatic heterocycles. The number of rotatable bonds is 6. The van der Waals surface area contributed by atoms with Crippen LogP contribution in [0.4, 0.5) is 0 Å². The summed E-state index contributed by atoms with van der Waals surface area (Å²) in [6.45, 7) is 2.79. The SMILES string of the molecule is Cc1nn(Cc2ccccc2)cc1S(=O)(=O)N1CCCCC1CCO. The molecule has 0 bridgehead atoms. The highest BCUT2D eigenvalue weighted by Crippen LogP contribution is 2.28. The monoisotopic (exact) mass is 363 g/mol. The third-order valence-corrected chi connectivity index (χ3v) is 6.77. The first-order chi connectivity index (χ1) is 12.0. The summed E-state index contributed by atoms with van der Waals surface area (Å²) in [5.74, 6) is 0. The molecule has 1 saturated heterocycles. The summed E-state index contributed by atoms with van der Waals surface area (Å²) in [7, 11) is -3.60. The number of sulfonamides is 1. The summed E-state index contributed by atoms with van der Waals surface area (Å²) in [6.07, 6.45) is 4.77. The van der Waals surface area contributed by atoms with Crippen LogP contribution in [0.1, 0.15) is 36.9 Å². The van der Waals surface area contributed by atoms with Crippen LogP contribution in [0.5, 0.6) is 0 Å². The standard InChI is InChI=1S/C18H25N3O3S/c1-15-18(14-20(19-15)13-16-7-3-2-4-8-16)25(23,24)21-11-6-5-9-17(21)10-12-22/h2-4,7-8,14,17,22H,5-6,9-13H2,1H3. The van der Waals surface area contributed by atoms with Gasteiger partial charge in [-0.2, -0.15) is 9.40 Å². The molecule has 1 N–H and O–H groups in total. The minimum atomic E-state index is -3.60.